The number of likely N-dealkylation sites (N-methyl/N-ethyl adjacent to an activating group) is 1. The molecule has 30 heavy (non-hydrogen) atoms. The zero-order chi connectivity index (χ0) is 22.1. The standard InChI is InChI=1S/C23H47N2O4.ClH/c1-5-6-7-8-9-10-11-12-13-14-15-16-22(28)21(20-27)24(17-18-26)23(29)19-25(2,3)4;/h21,26-27H,5-20H2,1-4H3;1H/q+1;/p-1. The molecule has 1 amide bonds. The number of aliphatic hydroxyl groups is 2. The molecule has 0 aromatic carbocycles. The van der Waals surface area contributed by atoms with Crippen LogP contribution in [0.15, 0.2) is 0 Å². The second kappa shape index (κ2) is 19.0. The molecule has 6 nitrogen and oxygen atoms in total. The van der Waals surface area contributed by atoms with Crippen LogP contribution in [0.2, 0.25) is 0 Å². The van der Waals surface area contributed by atoms with Crippen LogP contribution in [0.4, 0.5) is 0 Å². The number of hydrogen-bond donors (Lipinski definition) is 2. The Morgan fingerprint density at radius 3 is 1.70 bits per heavy atom. The zero-order valence-corrected chi connectivity index (χ0v) is 20.6. The van der Waals surface area contributed by atoms with Crippen molar-refractivity contribution in [2.75, 3.05) is 47.4 Å². The van der Waals surface area contributed by atoms with E-state index in [1.165, 1.54) is 56.3 Å². The number of nitrogens with zero attached hydrogens (tertiary/aromatic N) is 2. The van der Waals surface area contributed by atoms with E-state index in [0.29, 0.717) is 10.9 Å². The second-order valence-corrected chi connectivity index (χ2v) is 9.21. The first kappa shape index (κ1) is 31.5. The van der Waals surface area contributed by atoms with E-state index in [1.807, 2.05) is 21.1 Å². The maximum absolute atomic E-state index is 12.6. The Balaban J connectivity index is 0. The summed E-state index contributed by atoms with van der Waals surface area (Å²) in [6.07, 6.45) is 13.8. The minimum Gasteiger partial charge on any atom is -1.00 e. The SMILES string of the molecule is CCCCCCCCCCCCCC(=O)C(CO)N(CCO)C(=O)C[N+](C)(C)C.[Cl-]. The van der Waals surface area contributed by atoms with Crippen LogP contribution in [0.1, 0.15) is 84.0 Å². The fourth-order valence-corrected chi connectivity index (χ4v) is 3.56. The molecule has 0 saturated carbocycles. The molecule has 0 aliphatic carbocycles. The van der Waals surface area contributed by atoms with Gasteiger partial charge in [-0.1, -0.05) is 71.1 Å². The van der Waals surface area contributed by atoms with Gasteiger partial charge in [0.05, 0.1) is 34.4 Å². The molecule has 2 N–H and O–H groups in total. The van der Waals surface area contributed by atoms with Gasteiger partial charge in [0.1, 0.15) is 6.04 Å². The van der Waals surface area contributed by atoms with Gasteiger partial charge in [-0.25, -0.2) is 0 Å². The lowest BCUT2D eigenvalue weighted by Crippen LogP contribution is -3.00. The number of rotatable bonds is 19. The summed E-state index contributed by atoms with van der Waals surface area (Å²) in [6, 6.07) is -0.843. The number of carbonyl (C=O) groups is 2. The summed E-state index contributed by atoms with van der Waals surface area (Å²) in [5.41, 5.74) is 0. The first-order valence-corrected chi connectivity index (χ1v) is 11.6. The van der Waals surface area contributed by atoms with E-state index in [2.05, 4.69) is 6.92 Å². The molecule has 0 rings (SSSR count). The Morgan fingerprint density at radius 1 is 0.833 bits per heavy atom. The predicted octanol–water partition coefficient (Wildman–Crippen LogP) is 0.149. The monoisotopic (exact) mass is 450 g/mol. The summed E-state index contributed by atoms with van der Waals surface area (Å²) in [7, 11) is 5.70. The van der Waals surface area contributed by atoms with Crippen molar-refractivity contribution in [3.05, 3.63) is 0 Å². The van der Waals surface area contributed by atoms with Crippen LogP contribution in [-0.2, 0) is 9.59 Å². The average Bonchev–Trinajstić information content (AvgIpc) is 2.64. The summed E-state index contributed by atoms with van der Waals surface area (Å²) in [6.45, 7) is 1.93. The van der Waals surface area contributed by atoms with Crippen molar-refractivity contribution in [1.29, 1.82) is 0 Å². The molecule has 1 atom stereocenters. The molecule has 0 saturated heterocycles. The minimum atomic E-state index is -0.843. The van der Waals surface area contributed by atoms with E-state index in [4.69, 9.17) is 0 Å². The Hall–Kier alpha value is -0.690. The lowest BCUT2D eigenvalue weighted by Gasteiger charge is -2.32. The molecule has 0 heterocycles. The van der Waals surface area contributed by atoms with Gasteiger partial charge in [-0.05, 0) is 6.42 Å². The van der Waals surface area contributed by atoms with Crippen LogP contribution in [0.3, 0.4) is 0 Å². The summed E-state index contributed by atoms with van der Waals surface area (Å²) in [5, 5.41) is 19.0. The van der Waals surface area contributed by atoms with Crippen molar-refractivity contribution in [2.45, 2.75) is 90.0 Å². The van der Waals surface area contributed by atoms with Gasteiger partial charge in [0.15, 0.2) is 12.3 Å². The van der Waals surface area contributed by atoms with Crippen LogP contribution in [0.5, 0.6) is 0 Å². The van der Waals surface area contributed by atoms with E-state index < -0.39 is 6.04 Å². The van der Waals surface area contributed by atoms with Gasteiger partial charge < -0.3 is 32.0 Å². The van der Waals surface area contributed by atoms with E-state index >= 15 is 0 Å². The van der Waals surface area contributed by atoms with Gasteiger partial charge in [-0.2, -0.15) is 0 Å². The quantitative estimate of drug-likeness (QED) is 0.217. The highest BCUT2D eigenvalue weighted by molar-refractivity contribution is 5.89. The normalized spacial score (nSPS) is 12.3. The van der Waals surface area contributed by atoms with E-state index in [1.54, 1.807) is 0 Å². The van der Waals surface area contributed by atoms with Gasteiger partial charge in [0.25, 0.3) is 5.91 Å². The Kier molecular flexibility index (Phi) is 20.0. The van der Waals surface area contributed by atoms with Gasteiger partial charge >= 0.3 is 0 Å². The number of carbonyl (C=O) groups excluding carboxylic acids is 2. The molecule has 180 valence electrons. The molecular weight excluding hydrogens is 404 g/mol. The largest absolute Gasteiger partial charge is 1.00 e. The molecule has 0 aromatic rings. The maximum Gasteiger partial charge on any atom is 0.278 e. The van der Waals surface area contributed by atoms with Crippen LogP contribution in [0.25, 0.3) is 0 Å². The molecule has 7 heteroatoms. The number of hydrogen-bond acceptors (Lipinski definition) is 4. The third-order valence-electron chi connectivity index (χ3n) is 5.22. The summed E-state index contributed by atoms with van der Waals surface area (Å²) in [4.78, 5) is 26.5. The lowest BCUT2D eigenvalue weighted by atomic mass is 10.0. The Morgan fingerprint density at radius 2 is 1.30 bits per heavy atom. The number of unbranched alkanes of at least 4 members (excludes halogenated alkanes) is 10. The highest BCUT2D eigenvalue weighted by atomic mass is 35.5. The van der Waals surface area contributed by atoms with Crippen molar-refractivity contribution in [1.82, 2.24) is 4.90 Å². The number of ketones is 1. The van der Waals surface area contributed by atoms with E-state index in [9.17, 15) is 19.8 Å². The fraction of sp³-hybridized carbons (Fsp3) is 0.913. The number of aliphatic hydroxyl groups excluding tert-OH is 2. The summed E-state index contributed by atoms with van der Waals surface area (Å²) in [5.74, 6) is -0.315. The first-order chi connectivity index (χ1) is 13.8. The smallest absolute Gasteiger partial charge is 0.278 e. The van der Waals surface area contributed by atoms with Crippen molar-refractivity contribution in [2.24, 2.45) is 0 Å². The third kappa shape index (κ3) is 16.1. The van der Waals surface area contributed by atoms with Crippen LogP contribution >= 0.6 is 0 Å². The number of halogens is 1. The second-order valence-electron chi connectivity index (χ2n) is 9.21. The Bertz CT molecular complexity index is 441. The van der Waals surface area contributed by atoms with Crippen LogP contribution < -0.4 is 12.4 Å². The first-order valence-electron chi connectivity index (χ1n) is 11.6. The third-order valence-corrected chi connectivity index (χ3v) is 5.22. The van der Waals surface area contributed by atoms with Crippen molar-refractivity contribution >= 4 is 11.7 Å². The molecule has 1 unspecified atom stereocenters. The highest BCUT2D eigenvalue weighted by Gasteiger charge is 2.30. The van der Waals surface area contributed by atoms with Gasteiger partial charge in [-0.15, -0.1) is 0 Å². The lowest BCUT2D eigenvalue weighted by molar-refractivity contribution is -0.862. The van der Waals surface area contributed by atoms with Gasteiger partial charge in [0, 0.05) is 13.0 Å². The van der Waals surface area contributed by atoms with Crippen LogP contribution in [0, 0.1) is 0 Å². The predicted molar refractivity (Wildman–Crippen MR) is 119 cm³/mol. The number of amides is 1. The van der Waals surface area contributed by atoms with Gasteiger partial charge in [0.2, 0.25) is 0 Å². The van der Waals surface area contributed by atoms with Crippen LogP contribution in [-0.4, -0.2) is 84.8 Å². The van der Waals surface area contributed by atoms with Crippen molar-refractivity contribution < 1.29 is 36.7 Å². The fourth-order valence-electron chi connectivity index (χ4n) is 3.56. The summed E-state index contributed by atoms with van der Waals surface area (Å²) < 4.78 is 0.436. The molecule has 0 spiro atoms. The maximum atomic E-state index is 12.6. The topological polar surface area (TPSA) is 77.8 Å². The molecule has 0 aliphatic heterocycles. The molecule has 0 bridgehead atoms. The molecular formula is C23H47ClN2O4. The van der Waals surface area contributed by atoms with Crippen molar-refractivity contribution in [3.63, 3.8) is 0 Å². The zero-order valence-electron chi connectivity index (χ0n) is 19.9. The van der Waals surface area contributed by atoms with E-state index in [-0.39, 0.29) is 50.4 Å². The van der Waals surface area contributed by atoms with Crippen molar-refractivity contribution in [3.8, 4) is 0 Å². The Labute approximate surface area is 191 Å². The number of Topliss-reactive ketones (excluding diaryl/α,β-unsaturated/α-hetero) is 1. The molecule has 0 aliphatic rings. The van der Waals surface area contributed by atoms with E-state index in [0.717, 1.165) is 19.3 Å². The minimum absolute atomic E-state index is 0. The highest BCUT2D eigenvalue weighted by Crippen LogP contribution is 2.13. The molecule has 0 aromatic heterocycles. The summed E-state index contributed by atoms with van der Waals surface area (Å²) >= 11 is 0. The average molecular weight is 451 g/mol. The molecule has 0 radical (unpaired) electrons. The number of quaternary nitrogens is 1. The molecule has 0 fully saturated rings. The van der Waals surface area contributed by atoms with Gasteiger partial charge in [-0.3, -0.25) is 9.59 Å².